The summed E-state index contributed by atoms with van der Waals surface area (Å²) in [7, 11) is 0. The Hall–Kier alpha value is -4.04. The van der Waals surface area contributed by atoms with Gasteiger partial charge in [0.2, 0.25) is 5.91 Å². The third-order valence-electron chi connectivity index (χ3n) is 6.30. The van der Waals surface area contributed by atoms with E-state index in [0.29, 0.717) is 33.4 Å². The largest absolute Gasteiger partial charge is 0.332 e. The number of hydrogen-bond donors (Lipinski definition) is 0. The molecule has 5 aromatic rings. The predicted molar refractivity (Wildman–Crippen MR) is 145 cm³/mol. The van der Waals surface area contributed by atoms with Crippen LogP contribution in [0.4, 0.5) is 5.69 Å². The zero-order valence-electron chi connectivity index (χ0n) is 20.2. The molecule has 0 atom stereocenters. The van der Waals surface area contributed by atoms with Crippen molar-refractivity contribution in [3.8, 4) is 0 Å². The number of hydrogen-bond acceptors (Lipinski definition) is 5. The maximum absolute atomic E-state index is 13.7. The summed E-state index contributed by atoms with van der Waals surface area (Å²) < 4.78 is 3.13. The number of thiophene rings is 1. The standard InChI is InChI=1S/C28H26N4O3S/c1-3-30(21-12-7-9-19(2)17-21)23(33)18-32-24-22-13-8-15-29-26(22)36-25(24)27(34)31(28(32)35)16-14-20-10-5-4-6-11-20/h4-13,15,17H,3,14,16,18H2,1-2H3. The fourth-order valence-electron chi connectivity index (χ4n) is 4.53. The molecule has 182 valence electrons. The normalized spacial score (nSPS) is 11.3. The van der Waals surface area contributed by atoms with Gasteiger partial charge >= 0.3 is 5.69 Å². The van der Waals surface area contributed by atoms with Crippen LogP contribution < -0.4 is 16.1 Å². The number of amides is 1. The van der Waals surface area contributed by atoms with Gasteiger partial charge in [-0.15, -0.1) is 11.3 Å². The number of benzene rings is 2. The van der Waals surface area contributed by atoms with Crippen LogP contribution in [-0.2, 0) is 24.3 Å². The average Bonchev–Trinajstić information content (AvgIpc) is 3.27. The predicted octanol–water partition coefficient (Wildman–Crippen LogP) is 4.38. The summed E-state index contributed by atoms with van der Waals surface area (Å²) in [4.78, 5) is 47.5. The van der Waals surface area contributed by atoms with Crippen molar-refractivity contribution in [2.45, 2.75) is 33.4 Å². The average molecular weight is 499 g/mol. The third kappa shape index (κ3) is 4.35. The van der Waals surface area contributed by atoms with E-state index in [1.807, 2.05) is 74.5 Å². The van der Waals surface area contributed by atoms with E-state index in [-0.39, 0.29) is 24.6 Å². The van der Waals surface area contributed by atoms with Crippen LogP contribution in [0.3, 0.4) is 0 Å². The second-order valence-corrected chi connectivity index (χ2v) is 9.67. The molecule has 5 rings (SSSR count). The van der Waals surface area contributed by atoms with Crippen LogP contribution in [-0.4, -0.2) is 26.6 Å². The highest BCUT2D eigenvalue weighted by Crippen LogP contribution is 2.29. The van der Waals surface area contributed by atoms with E-state index in [2.05, 4.69) is 4.98 Å². The molecule has 0 saturated carbocycles. The molecule has 0 N–H and O–H groups in total. The number of aryl methyl sites for hydroxylation is 2. The van der Waals surface area contributed by atoms with Gasteiger partial charge in [-0.2, -0.15) is 0 Å². The van der Waals surface area contributed by atoms with Gasteiger partial charge in [0.05, 0.1) is 5.52 Å². The second-order valence-electron chi connectivity index (χ2n) is 8.67. The van der Waals surface area contributed by atoms with E-state index in [1.54, 1.807) is 17.2 Å². The van der Waals surface area contributed by atoms with E-state index in [9.17, 15) is 14.4 Å². The van der Waals surface area contributed by atoms with Crippen LogP contribution in [0.5, 0.6) is 0 Å². The minimum atomic E-state index is -0.486. The molecule has 0 bridgehead atoms. The molecule has 0 aliphatic carbocycles. The molecule has 36 heavy (non-hydrogen) atoms. The van der Waals surface area contributed by atoms with Gasteiger partial charge in [0, 0.05) is 30.4 Å². The lowest BCUT2D eigenvalue weighted by atomic mass is 10.1. The van der Waals surface area contributed by atoms with Crippen LogP contribution in [0.25, 0.3) is 20.4 Å². The van der Waals surface area contributed by atoms with Gasteiger partial charge in [0.15, 0.2) is 0 Å². The van der Waals surface area contributed by atoms with Gasteiger partial charge in [0.1, 0.15) is 16.1 Å². The summed E-state index contributed by atoms with van der Waals surface area (Å²) in [6, 6.07) is 21.1. The van der Waals surface area contributed by atoms with Gasteiger partial charge in [0.25, 0.3) is 5.56 Å². The van der Waals surface area contributed by atoms with Crippen LogP contribution in [0, 0.1) is 6.92 Å². The molecule has 8 heteroatoms. The number of anilines is 1. The van der Waals surface area contributed by atoms with Crippen LogP contribution in [0.2, 0.25) is 0 Å². The Kier molecular flexibility index (Phi) is 6.52. The highest BCUT2D eigenvalue weighted by Gasteiger charge is 2.22. The Labute approximate surface area is 211 Å². The molecule has 0 saturated heterocycles. The van der Waals surface area contributed by atoms with Crippen molar-refractivity contribution in [3.63, 3.8) is 0 Å². The molecule has 2 aromatic carbocycles. The Balaban J connectivity index is 1.63. The van der Waals surface area contributed by atoms with Gasteiger partial charge < -0.3 is 4.90 Å². The lowest BCUT2D eigenvalue weighted by Crippen LogP contribution is -2.43. The second kappa shape index (κ2) is 9.91. The molecule has 0 unspecified atom stereocenters. The lowest BCUT2D eigenvalue weighted by molar-refractivity contribution is -0.119. The summed E-state index contributed by atoms with van der Waals surface area (Å²) in [5, 5.41) is 0.702. The van der Waals surface area contributed by atoms with E-state index >= 15 is 0 Å². The molecule has 1 amide bonds. The van der Waals surface area contributed by atoms with Crippen molar-refractivity contribution in [3.05, 3.63) is 105 Å². The summed E-state index contributed by atoms with van der Waals surface area (Å²) in [5.74, 6) is -0.219. The first-order chi connectivity index (χ1) is 17.5. The molecule has 3 heterocycles. The van der Waals surface area contributed by atoms with Crippen molar-refractivity contribution >= 4 is 43.4 Å². The topological polar surface area (TPSA) is 77.2 Å². The minimum absolute atomic E-state index is 0.177. The third-order valence-corrected chi connectivity index (χ3v) is 7.39. The highest BCUT2D eigenvalue weighted by molar-refractivity contribution is 7.25. The van der Waals surface area contributed by atoms with Crippen LogP contribution in [0.15, 0.2) is 82.5 Å². The zero-order valence-corrected chi connectivity index (χ0v) is 21.0. The van der Waals surface area contributed by atoms with Crippen molar-refractivity contribution in [2.75, 3.05) is 11.4 Å². The molecule has 0 aliphatic heterocycles. The van der Waals surface area contributed by atoms with Crippen molar-refractivity contribution < 1.29 is 4.79 Å². The van der Waals surface area contributed by atoms with E-state index < -0.39 is 5.69 Å². The zero-order chi connectivity index (χ0) is 25.2. The Morgan fingerprint density at radius 2 is 1.81 bits per heavy atom. The number of fused-ring (bicyclic) bond motifs is 3. The molecular formula is C28H26N4O3S. The van der Waals surface area contributed by atoms with E-state index in [4.69, 9.17) is 0 Å². The molecule has 0 fully saturated rings. The molecule has 3 aromatic heterocycles. The molecular weight excluding hydrogens is 472 g/mol. The monoisotopic (exact) mass is 498 g/mol. The summed E-state index contributed by atoms with van der Waals surface area (Å²) in [6.45, 7) is 4.39. The summed E-state index contributed by atoms with van der Waals surface area (Å²) >= 11 is 1.26. The fourth-order valence-corrected chi connectivity index (χ4v) is 5.63. The number of carbonyl (C=O) groups is 1. The maximum atomic E-state index is 13.7. The highest BCUT2D eigenvalue weighted by atomic mass is 32.1. The van der Waals surface area contributed by atoms with Gasteiger partial charge in [-0.05, 0) is 55.7 Å². The number of carbonyl (C=O) groups excluding carboxylic acids is 1. The van der Waals surface area contributed by atoms with Crippen molar-refractivity contribution in [1.29, 1.82) is 0 Å². The van der Waals surface area contributed by atoms with Crippen molar-refractivity contribution in [1.82, 2.24) is 14.1 Å². The maximum Gasteiger partial charge on any atom is 0.332 e. The van der Waals surface area contributed by atoms with E-state index in [0.717, 1.165) is 16.8 Å². The van der Waals surface area contributed by atoms with Crippen LogP contribution >= 0.6 is 11.3 Å². The summed E-state index contributed by atoms with van der Waals surface area (Å²) in [5.41, 5.74) is 2.50. The first kappa shape index (κ1) is 23.7. The number of rotatable bonds is 7. The minimum Gasteiger partial charge on any atom is -0.311 e. The smallest absolute Gasteiger partial charge is 0.311 e. The van der Waals surface area contributed by atoms with E-state index in [1.165, 1.54) is 20.5 Å². The summed E-state index contributed by atoms with van der Waals surface area (Å²) in [6.07, 6.45) is 2.19. The Morgan fingerprint density at radius 1 is 1.00 bits per heavy atom. The van der Waals surface area contributed by atoms with Crippen molar-refractivity contribution in [2.24, 2.45) is 0 Å². The lowest BCUT2D eigenvalue weighted by Gasteiger charge is -2.22. The first-order valence-electron chi connectivity index (χ1n) is 11.9. The number of aromatic nitrogens is 3. The SMILES string of the molecule is CCN(C(=O)Cn1c(=O)n(CCc2ccccc2)c(=O)c2sc3ncccc3c21)c1cccc(C)c1. The van der Waals surface area contributed by atoms with Crippen LogP contribution in [0.1, 0.15) is 18.1 Å². The number of nitrogens with zero attached hydrogens (tertiary/aromatic N) is 4. The number of likely N-dealkylation sites (N-methyl/N-ethyl adjacent to an activating group) is 1. The van der Waals surface area contributed by atoms with Gasteiger partial charge in [-0.3, -0.25) is 18.7 Å². The number of pyridine rings is 1. The first-order valence-corrected chi connectivity index (χ1v) is 12.7. The van der Waals surface area contributed by atoms with Gasteiger partial charge in [-0.1, -0.05) is 42.5 Å². The molecule has 7 nitrogen and oxygen atoms in total. The molecule has 0 aliphatic rings. The Morgan fingerprint density at radius 3 is 2.56 bits per heavy atom. The Bertz CT molecular complexity index is 1680. The fraction of sp³-hybridized carbons (Fsp3) is 0.214. The quantitative estimate of drug-likeness (QED) is 0.334. The van der Waals surface area contributed by atoms with Gasteiger partial charge in [-0.25, -0.2) is 9.78 Å². The molecule has 0 spiro atoms. The molecule has 0 radical (unpaired) electrons.